The van der Waals surface area contributed by atoms with E-state index in [9.17, 15) is 4.79 Å². The number of aryl methyl sites for hydroxylation is 1. The summed E-state index contributed by atoms with van der Waals surface area (Å²) in [4.78, 5) is 16.3. The zero-order chi connectivity index (χ0) is 17.5. The average molecular weight is 351 g/mol. The second-order valence-electron chi connectivity index (χ2n) is 6.15. The summed E-state index contributed by atoms with van der Waals surface area (Å²) in [5.74, 6) is 1.35. The number of rotatable bonds is 8. The lowest BCUT2D eigenvalue weighted by atomic mass is 10.0. The van der Waals surface area contributed by atoms with Crippen molar-refractivity contribution in [2.75, 3.05) is 6.54 Å². The predicted octanol–water partition coefficient (Wildman–Crippen LogP) is 2.81. The Balaban J connectivity index is 1.86. The fourth-order valence-electron chi connectivity index (χ4n) is 2.38. The highest BCUT2D eigenvalue weighted by Crippen LogP contribution is 2.19. The van der Waals surface area contributed by atoms with Crippen LogP contribution in [0.25, 0.3) is 11.4 Å². The maximum absolute atomic E-state index is 12.0. The zero-order valence-electron chi connectivity index (χ0n) is 14.0. The number of nitrogens with zero attached hydrogens (tertiary/aromatic N) is 2. The van der Waals surface area contributed by atoms with Crippen LogP contribution >= 0.6 is 11.6 Å². The van der Waals surface area contributed by atoms with Crippen molar-refractivity contribution in [1.82, 2.24) is 15.5 Å². The number of hydrogen-bond acceptors (Lipinski definition) is 5. The summed E-state index contributed by atoms with van der Waals surface area (Å²) in [6, 6.07) is 7.18. The van der Waals surface area contributed by atoms with Crippen molar-refractivity contribution < 1.29 is 9.32 Å². The summed E-state index contributed by atoms with van der Waals surface area (Å²) in [6.45, 7) is 4.64. The highest BCUT2D eigenvalue weighted by atomic mass is 35.5. The minimum absolute atomic E-state index is 0.00446. The molecule has 0 aliphatic rings. The van der Waals surface area contributed by atoms with Crippen molar-refractivity contribution in [3.8, 4) is 11.4 Å². The summed E-state index contributed by atoms with van der Waals surface area (Å²) in [5, 5.41) is 7.52. The van der Waals surface area contributed by atoms with E-state index in [2.05, 4.69) is 29.3 Å². The molecule has 0 saturated heterocycles. The Morgan fingerprint density at radius 2 is 2.04 bits per heavy atom. The van der Waals surface area contributed by atoms with Gasteiger partial charge in [0.2, 0.25) is 17.6 Å². The summed E-state index contributed by atoms with van der Waals surface area (Å²) in [5.41, 5.74) is 6.51. The van der Waals surface area contributed by atoms with Crippen LogP contribution in [0, 0.1) is 5.92 Å². The number of nitrogens with one attached hydrogen (secondary N) is 1. The van der Waals surface area contributed by atoms with E-state index < -0.39 is 0 Å². The predicted molar refractivity (Wildman–Crippen MR) is 93.5 cm³/mol. The van der Waals surface area contributed by atoms with Gasteiger partial charge in [-0.3, -0.25) is 4.79 Å². The van der Waals surface area contributed by atoms with Gasteiger partial charge in [0.1, 0.15) is 0 Å². The molecule has 1 aromatic heterocycles. The van der Waals surface area contributed by atoms with Crippen molar-refractivity contribution >= 4 is 17.5 Å². The van der Waals surface area contributed by atoms with Gasteiger partial charge in [-0.2, -0.15) is 4.98 Å². The lowest BCUT2D eigenvalue weighted by Crippen LogP contribution is -2.41. The second-order valence-corrected chi connectivity index (χ2v) is 6.58. The maximum atomic E-state index is 12.0. The number of halogens is 1. The molecule has 0 spiro atoms. The normalized spacial score (nSPS) is 12.4. The zero-order valence-corrected chi connectivity index (χ0v) is 14.7. The van der Waals surface area contributed by atoms with Crippen LogP contribution in [-0.2, 0) is 11.2 Å². The maximum Gasteiger partial charge on any atom is 0.227 e. The Labute approximate surface area is 146 Å². The van der Waals surface area contributed by atoms with Crippen LogP contribution in [0.4, 0.5) is 0 Å². The molecule has 0 aliphatic carbocycles. The molecule has 3 N–H and O–H groups in total. The fraction of sp³-hybridized carbons (Fsp3) is 0.471. The van der Waals surface area contributed by atoms with Crippen molar-refractivity contribution in [1.29, 1.82) is 0 Å². The first-order valence-corrected chi connectivity index (χ1v) is 8.43. The standard InChI is InChI=1S/C17H23ClN4O2/c1-11(2)9-14(10-19)20-15(23)7-8-16-21-17(22-24-16)12-3-5-13(18)6-4-12/h3-6,11,14H,7-10,19H2,1-2H3,(H,20,23). The van der Waals surface area contributed by atoms with Crippen molar-refractivity contribution in [2.45, 2.75) is 39.2 Å². The number of aromatic nitrogens is 2. The molecule has 1 atom stereocenters. The summed E-state index contributed by atoms with van der Waals surface area (Å²) < 4.78 is 5.20. The molecule has 0 saturated carbocycles. The summed E-state index contributed by atoms with van der Waals surface area (Å²) >= 11 is 5.86. The molecule has 1 amide bonds. The van der Waals surface area contributed by atoms with Crippen LogP contribution in [0.3, 0.4) is 0 Å². The molecule has 1 aromatic carbocycles. The highest BCUT2D eigenvalue weighted by Gasteiger charge is 2.14. The molecule has 0 radical (unpaired) electrons. The summed E-state index contributed by atoms with van der Waals surface area (Å²) in [7, 11) is 0. The van der Waals surface area contributed by atoms with Gasteiger partial charge in [0.25, 0.3) is 0 Å². The van der Waals surface area contributed by atoms with Crippen molar-refractivity contribution in [3.05, 3.63) is 35.2 Å². The Hall–Kier alpha value is -1.92. The van der Waals surface area contributed by atoms with E-state index in [1.807, 2.05) is 12.1 Å². The fourth-order valence-corrected chi connectivity index (χ4v) is 2.50. The number of hydrogen-bond donors (Lipinski definition) is 2. The third-order valence-corrected chi connectivity index (χ3v) is 3.79. The smallest absolute Gasteiger partial charge is 0.227 e. The molecule has 130 valence electrons. The third kappa shape index (κ3) is 5.62. The van der Waals surface area contributed by atoms with Gasteiger partial charge in [-0.1, -0.05) is 30.6 Å². The Bertz CT molecular complexity index is 655. The molecule has 7 heteroatoms. The molecule has 24 heavy (non-hydrogen) atoms. The van der Waals surface area contributed by atoms with Crippen LogP contribution in [0.5, 0.6) is 0 Å². The number of nitrogens with two attached hydrogens (primary N) is 1. The highest BCUT2D eigenvalue weighted by molar-refractivity contribution is 6.30. The van der Waals surface area contributed by atoms with E-state index in [1.54, 1.807) is 12.1 Å². The van der Waals surface area contributed by atoms with E-state index in [-0.39, 0.29) is 18.4 Å². The van der Waals surface area contributed by atoms with Gasteiger partial charge in [0.15, 0.2) is 0 Å². The Morgan fingerprint density at radius 3 is 2.67 bits per heavy atom. The lowest BCUT2D eigenvalue weighted by Gasteiger charge is -2.18. The first-order chi connectivity index (χ1) is 11.5. The largest absolute Gasteiger partial charge is 0.352 e. The van der Waals surface area contributed by atoms with E-state index in [0.717, 1.165) is 12.0 Å². The number of carbonyl (C=O) groups is 1. The van der Waals surface area contributed by atoms with E-state index in [0.29, 0.717) is 35.6 Å². The molecule has 0 aliphatic heterocycles. The second kappa shape index (κ2) is 8.80. The van der Waals surface area contributed by atoms with Crippen LogP contribution in [0.15, 0.2) is 28.8 Å². The van der Waals surface area contributed by atoms with E-state index in [4.69, 9.17) is 21.9 Å². The van der Waals surface area contributed by atoms with E-state index in [1.165, 1.54) is 0 Å². The molecule has 6 nitrogen and oxygen atoms in total. The quantitative estimate of drug-likeness (QED) is 0.763. The monoisotopic (exact) mass is 350 g/mol. The molecular weight excluding hydrogens is 328 g/mol. The molecule has 1 unspecified atom stereocenters. The van der Waals surface area contributed by atoms with Gasteiger partial charge in [-0.15, -0.1) is 0 Å². The molecule has 2 aromatic rings. The van der Waals surface area contributed by atoms with Gasteiger partial charge in [0, 0.05) is 36.0 Å². The molecule has 2 rings (SSSR count). The first kappa shape index (κ1) is 18.4. The Morgan fingerprint density at radius 1 is 1.33 bits per heavy atom. The Kier molecular flexibility index (Phi) is 6.75. The number of amides is 1. The average Bonchev–Trinajstić information content (AvgIpc) is 3.01. The molecular formula is C17H23ClN4O2. The van der Waals surface area contributed by atoms with Crippen molar-refractivity contribution in [2.24, 2.45) is 11.7 Å². The first-order valence-electron chi connectivity index (χ1n) is 8.06. The van der Waals surface area contributed by atoms with Crippen LogP contribution < -0.4 is 11.1 Å². The molecule has 0 fully saturated rings. The third-order valence-electron chi connectivity index (χ3n) is 3.54. The number of benzene rings is 1. The number of carbonyl (C=O) groups excluding carboxylic acids is 1. The van der Waals surface area contributed by atoms with Gasteiger partial charge in [-0.25, -0.2) is 0 Å². The molecule has 1 heterocycles. The summed E-state index contributed by atoms with van der Waals surface area (Å²) in [6.07, 6.45) is 1.55. The minimum Gasteiger partial charge on any atom is -0.352 e. The van der Waals surface area contributed by atoms with E-state index >= 15 is 0 Å². The molecule has 0 bridgehead atoms. The van der Waals surface area contributed by atoms with Crippen molar-refractivity contribution in [3.63, 3.8) is 0 Å². The van der Waals surface area contributed by atoms with Crippen LogP contribution in [-0.4, -0.2) is 28.6 Å². The van der Waals surface area contributed by atoms with Gasteiger partial charge in [0.05, 0.1) is 0 Å². The van der Waals surface area contributed by atoms with Crippen LogP contribution in [0.2, 0.25) is 5.02 Å². The lowest BCUT2D eigenvalue weighted by molar-refractivity contribution is -0.121. The van der Waals surface area contributed by atoms with Gasteiger partial charge < -0.3 is 15.6 Å². The SMILES string of the molecule is CC(C)CC(CN)NC(=O)CCc1nc(-c2ccc(Cl)cc2)no1. The van der Waals surface area contributed by atoms with Gasteiger partial charge in [-0.05, 0) is 36.6 Å². The minimum atomic E-state index is -0.0580. The van der Waals surface area contributed by atoms with Gasteiger partial charge >= 0.3 is 0 Å². The topological polar surface area (TPSA) is 94.0 Å². The van der Waals surface area contributed by atoms with Crippen LogP contribution in [0.1, 0.15) is 32.6 Å².